The summed E-state index contributed by atoms with van der Waals surface area (Å²) in [6, 6.07) is 8.49. The summed E-state index contributed by atoms with van der Waals surface area (Å²) in [7, 11) is 0. The van der Waals surface area contributed by atoms with Crippen LogP contribution in [0.2, 0.25) is 0 Å². The molecule has 1 aromatic heterocycles. The van der Waals surface area contributed by atoms with Gasteiger partial charge in [0.25, 0.3) is 5.91 Å². The van der Waals surface area contributed by atoms with E-state index in [4.69, 9.17) is 4.74 Å². The highest BCUT2D eigenvalue weighted by molar-refractivity contribution is 7.09. The Morgan fingerprint density at radius 3 is 2.74 bits per heavy atom. The Morgan fingerprint density at radius 1 is 1.26 bits per heavy atom. The number of ether oxygens (including phenoxy) is 1. The molecule has 2 aliphatic heterocycles. The first-order chi connectivity index (χ1) is 15.0. The molecule has 0 atom stereocenters. The lowest BCUT2D eigenvalue weighted by Gasteiger charge is -2.47. The van der Waals surface area contributed by atoms with Crippen LogP contribution in [0.25, 0.3) is 0 Å². The average molecular weight is 444 g/mol. The van der Waals surface area contributed by atoms with Crippen LogP contribution in [0.1, 0.15) is 59.2 Å². The number of hydrogen-bond donors (Lipinski definition) is 1. The first-order valence-corrected chi connectivity index (χ1v) is 12.2. The molecular formula is C24H33N3O3S. The summed E-state index contributed by atoms with van der Waals surface area (Å²) in [5.74, 6) is 0.380. The molecule has 1 spiro atoms. The molecule has 2 aliphatic rings. The standard InChI is InChI=1S/C24H33N3O3S/c1-18(2)22-25-21(16-31-22)23(29)27-11-13-30-24(17-27)7-9-26(10-8-24)15-20-5-3-4-19(14-20)6-12-28/h3-5,14,16,18,28H,6-13,15,17H2,1-2H3. The van der Waals surface area contributed by atoms with E-state index in [9.17, 15) is 9.90 Å². The molecule has 0 saturated carbocycles. The Hall–Kier alpha value is -1.80. The van der Waals surface area contributed by atoms with Crippen LogP contribution >= 0.6 is 11.3 Å². The van der Waals surface area contributed by atoms with Crippen molar-refractivity contribution in [1.29, 1.82) is 0 Å². The van der Waals surface area contributed by atoms with Gasteiger partial charge in [0.2, 0.25) is 0 Å². The fraction of sp³-hybridized carbons (Fsp3) is 0.583. The van der Waals surface area contributed by atoms with Crippen LogP contribution in [0.3, 0.4) is 0 Å². The van der Waals surface area contributed by atoms with Crippen molar-refractivity contribution in [2.45, 2.75) is 51.2 Å². The second kappa shape index (κ2) is 9.77. The Bertz CT molecular complexity index is 890. The van der Waals surface area contributed by atoms with Gasteiger partial charge in [0.15, 0.2) is 0 Å². The lowest BCUT2D eigenvalue weighted by Crippen LogP contribution is -2.58. The van der Waals surface area contributed by atoms with Crippen molar-refractivity contribution in [1.82, 2.24) is 14.8 Å². The van der Waals surface area contributed by atoms with E-state index in [1.165, 1.54) is 11.1 Å². The van der Waals surface area contributed by atoms with Gasteiger partial charge in [-0.1, -0.05) is 38.1 Å². The third-order valence-electron chi connectivity index (χ3n) is 6.34. The number of thiazole rings is 1. The molecule has 1 aromatic carbocycles. The largest absolute Gasteiger partial charge is 0.396 e. The van der Waals surface area contributed by atoms with E-state index in [1.54, 1.807) is 11.3 Å². The van der Waals surface area contributed by atoms with E-state index >= 15 is 0 Å². The first kappa shape index (κ1) is 22.4. The third-order valence-corrected chi connectivity index (χ3v) is 7.48. The van der Waals surface area contributed by atoms with Gasteiger partial charge in [0.1, 0.15) is 5.69 Å². The molecule has 3 heterocycles. The Kier molecular flexibility index (Phi) is 7.06. The maximum Gasteiger partial charge on any atom is 0.273 e. The minimum atomic E-state index is -0.236. The summed E-state index contributed by atoms with van der Waals surface area (Å²) in [6.07, 6.45) is 2.56. The summed E-state index contributed by atoms with van der Waals surface area (Å²) in [5, 5.41) is 12.1. The summed E-state index contributed by atoms with van der Waals surface area (Å²) < 4.78 is 6.25. The highest BCUT2D eigenvalue weighted by Gasteiger charge is 2.41. The number of aliphatic hydroxyl groups excluding tert-OH is 1. The molecule has 0 aliphatic carbocycles. The highest BCUT2D eigenvalue weighted by atomic mass is 32.1. The molecule has 2 fully saturated rings. The van der Waals surface area contributed by atoms with E-state index in [-0.39, 0.29) is 18.1 Å². The van der Waals surface area contributed by atoms with Gasteiger partial charge in [0.05, 0.1) is 23.8 Å². The molecule has 4 rings (SSSR count). The van der Waals surface area contributed by atoms with Gasteiger partial charge < -0.3 is 14.7 Å². The molecule has 0 radical (unpaired) electrons. The number of benzene rings is 1. The van der Waals surface area contributed by atoms with Gasteiger partial charge in [-0.2, -0.15) is 0 Å². The number of aromatic nitrogens is 1. The van der Waals surface area contributed by atoms with Crippen LogP contribution in [-0.2, 0) is 17.7 Å². The number of carbonyl (C=O) groups is 1. The zero-order chi connectivity index (χ0) is 21.8. The van der Waals surface area contributed by atoms with E-state index in [1.807, 2.05) is 10.3 Å². The van der Waals surface area contributed by atoms with Crippen molar-refractivity contribution in [2.24, 2.45) is 0 Å². The minimum absolute atomic E-state index is 0.0361. The molecule has 6 nitrogen and oxygen atoms in total. The van der Waals surface area contributed by atoms with E-state index in [0.717, 1.165) is 37.5 Å². The molecule has 0 unspecified atom stereocenters. The molecule has 2 aromatic rings. The number of rotatable bonds is 6. The van der Waals surface area contributed by atoms with Gasteiger partial charge in [-0.15, -0.1) is 11.3 Å². The third kappa shape index (κ3) is 5.34. The number of hydrogen-bond acceptors (Lipinski definition) is 6. The first-order valence-electron chi connectivity index (χ1n) is 11.3. The normalized spacial score (nSPS) is 19.3. The maximum atomic E-state index is 13.0. The monoisotopic (exact) mass is 443 g/mol. The van der Waals surface area contributed by atoms with Crippen molar-refractivity contribution in [2.75, 3.05) is 39.4 Å². The smallest absolute Gasteiger partial charge is 0.273 e. The molecular weight excluding hydrogens is 410 g/mol. The fourth-order valence-electron chi connectivity index (χ4n) is 4.52. The molecule has 1 amide bonds. The van der Waals surface area contributed by atoms with Crippen molar-refractivity contribution in [3.63, 3.8) is 0 Å². The van der Waals surface area contributed by atoms with Gasteiger partial charge in [0, 0.05) is 44.1 Å². The SMILES string of the molecule is CC(C)c1nc(C(=O)N2CCOC3(CCN(Cc4cccc(CCO)c4)CC3)C2)cs1. The lowest BCUT2D eigenvalue weighted by molar-refractivity contribution is -0.128. The summed E-state index contributed by atoms with van der Waals surface area (Å²) >= 11 is 1.57. The van der Waals surface area contributed by atoms with Crippen LogP contribution in [0.4, 0.5) is 0 Å². The fourth-order valence-corrected chi connectivity index (χ4v) is 5.33. The van der Waals surface area contributed by atoms with Crippen LogP contribution in [0.15, 0.2) is 29.6 Å². The van der Waals surface area contributed by atoms with Gasteiger partial charge >= 0.3 is 0 Å². The van der Waals surface area contributed by atoms with Crippen LogP contribution in [0.5, 0.6) is 0 Å². The molecule has 168 valence electrons. The number of amides is 1. The van der Waals surface area contributed by atoms with Crippen molar-refractivity contribution < 1.29 is 14.6 Å². The number of carbonyl (C=O) groups excluding carboxylic acids is 1. The number of morpholine rings is 1. The Morgan fingerprint density at radius 2 is 2.03 bits per heavy atom. The van der Waals surface area contributed by atoms with E-state index in [2.05, 4.69) is 48.0 Å². The summed E-state index contributed by atoms with van der Waals surface area (Å²) in [5.41, 5.74) is 2.81. The van der Waals surface area contributed by atoms with Crippen molar-refractivity contribution in [3.05, 3.63) is 51.5 Å². The second-order valence-corrected chi connectivity index (χ2v) is 9.94. The van der Waals surface area contributed by atoms with Gasteiger partial charge in [-0.05, 0) is 30.4 Å². The number of likely N-dealkylation sites (tertiary alicyclic amines) is 1. The van der Waals surface area contributed by atoms with E-state index in [0.29, 0.717) is 37.7 Å². The quantitative estimate of drug-likeness (QED) is 0.742. The van der Waals surface area contributed by atoms with Gasteiger partial charge in [-0.3, -0.25) is 9.69 Å². The van der Waals surface area contributed by atoms with Crippen LogP contribution < -0.4 is 0 Å². The predicted molar refractivity (Wildman–Crippen MR) is 123 cm³/mol. The van der Waals surface area contributed by atoms with Crippen LogP contribution in [-0.4, -0.2) is 70.8 Å². The molecule has 0 bridgehead atoms. The number of aliphatic hydroxyl groups is 1. The van der Waals surface area contributed by atoms with Crippen LogP contribution in [0, 0.1) is 0 Å². The number of piperidine rings is 1. The number of nitrogens with zero attached hydrogens (tertiary/aromatic N) is 3. The minimum Gasteiger partial charge on any atom is -0.396 e. The molecule has 7 heteroatoms. The van der Waals surface area contributed by atoms with Crippen molar-refractivity contribution >= 4 is 17.2 Å². The Labute approximate surface area is 188 Å². The zero-order valence-electron chi connectivity index (χ0n) is 18.5. The molecule has 31 heavy (non-hydrogen) atoms. The summed E-state index contributed by atoms with van der Waals surface area (Å²) in [6.45, 7) is 9.10. The van der Waals surface area contributed by atoms with Crippen molar-refractivity contribution in [3.8, 4) is 0 Å². The average Bonchev–Trinajstić information content (AvgIpc) is 3.26. The van der Waals surface area contributed by atoms with Gasteiger partial charge in [-0.25, -0.2) is 4.98 Å². The zero-order valence-corrected chi connectivity index (χ0v) is 19.4. The Balaban J connectivity index is 1.34. The molecule has 2 saturated heterocycles. The highest BCUT2D eigenvalue weighted by Crippen LogP contribution is 2.32. The topological polar surface area (TPSA) is 65.9 Å². The summed E-state index contributed by atoms with van der Waals surface area (Å²) in [4.78, 5) is 22.0. The molecule has 1 N–H and O–H groups in total. The van der Waals surface area contributed by atoms with E-state index < -0.39 is 0 Å². The lowest BCUT2D eigenvalue weighted by atomic mass is 9.89. The predicted octanol–water partition coefficient (Wildman–Crippen LogP) is 3.31. The maximum absolute atomic E-state index is 13.0. The second-order valence-electron chi connectivity index (χ2n) is 9.05.